The molecule has 4 heteroatoms. The highest BCUT2D eigenvalue weighted by atomic mass is 16.4. The molecule has 0 aliphatic rings. The molecule has 0 fully saturated rings. The SMILES string of the molecule is Cc1cnc(N)c(CC(=O)O)c1. The number of pyridine rings is 1. The van der Waals surface area contributed by atoms with Gasteiger partial charge in [0.1, 0.15) is 5.82 Å². The van der Waals surface area contributed by atoms with Crippen LogP contribution in [0.3, 0.4) is 0 Å². The van der Waals surface area contributed by atoms with Crippen LogP contribution < -0.4 is 5.73 Å². The third-order valence-electron chi connectivity index (χ3n) is 1.48. The predicted octanol–water partition coefficient (Wildman–Crippen LogP) is 0.599. The minimum atomic E-state index is -0.894. The molecule has 12 heavy (non-hydrogen) atoms. The summed E-state index contributed by atoms with van der Waals surface area (Å²) in [7, 11) is 0. The van der Waals surface area contributed by atoms with Crippen LogP contribution in [0, 0.1) is 6.92 Å². The number of aliphatic carboxylic acids is 1. The van der Waals surface area contributed by atoms with Crippen molar-refractivity contribution in [3.8, 4) is 0 Å². The van der Waals surface area contributed by atoms with E-state index < -0.39 is 5.97 Å². The van der Waals surface area contributed by atoms with E-state index in [4.69, 9.17) is 10.8 Å². The molecule has 0 spiro atoms. The molecule has 4 nitrogen and oxygen atoms in total. The molecule has 1 heterocycles. The zero-order chi connectivity index (χ0) is 9.14. The number of anilines is 1. The molecule has 0 bridgehead atoms. The van der Waals surface area contributed by atoms with E-state index in [-0.39, 0.29) is 6.42 Å². The Labute approximate surface area is 70.0 Å². The number of aryl methyl sites for hydroxylation is 1. The van der Waals surface area contributed by atoms with Crippen molar-refractivity contribution >= 4 is 11.8 Å². The van der Waals surface area contributed by atoms with Gasteiger partial charge in [0, 0.05) is 11.8 Å². The minimum Gasteiger partial charge on any atom is -0.481 e. The Bertz CT molecular complexity index is 310. The Morgan fingerprint density at radius 2 is 2.42 bits per heavy atom. The maximum atomic E-state index is 10.3. The second kappa shape index (κ2) is 3.21. The lowest BCUT2D eigenvalue weighted by Gasteiger charge is -2.01. The number of aromatic nitrogens is 1. The number of rotatable bonds is 2. The summed E-state index contributed by atoms with van der Waals surface area (Å²) in [6, 6.07) is 1.73. The molecule has 0 saturated heterocycles. The first-order valence-electron chi connectivity index (χ1n) is 3.52. The number of hydrogen-bond donors (Lipinski definition) is 2. The van der Waals surface area contributed by atoms with Gasteiger partial charge in [0.15, 0.2) is 0 Å². The summed E-state index contributed by atoms with van der Waals surface area (Å²) >= 11 is 0. The fraction of sp³-hybridized carbons (Fsp3) is 0.250. The monoisotopic (exact) mass is 166 g/mol. The number of nitrogens with two attached hydrogens (primary N) is 1. The highest BCUT2D eigenvalue weighted by Gasteiger charge is 2.05. The number of carboxylic acids is 1. The third-order valence-corrected chi connectivity index (χ3v) is 1.48. The van der Waals surface area contributed by atoms with E-state index in [2.05, 4.69) is 4.98 Å². The Morgan fingerprint density at radius 3 is 3.00 bits per heavy atom. The molecule has 64 valence electrons. The smallest absolute Gasteiger partial charge is 0.307 e. The van der Waals surface area contributed by atoms with Crippen LogP contribution in [0.25, 0.3) is 0 Å². The summed E-state index contributed by atoms with van der Waals surface area (Å²) in [5, 5.41) is 8.50. The number of carboxylic acid groups (broad SMARTS) is 1. The predicted molar refractivity (Wildman–Crippen MR) is 44.7 cm³/mol. The maximum absolute atomic E-state index is 10.3. The number of carbonyl (C=O) groups is 1. The molecule has 0 aromatic carbocycles. The van der Waals surface area contributed by atoms with E-state index in [1.165, 1.54) is 0 Å². The molecule has 0 radical (unpaired) electrons. The third kappa shape index (κ3) is 1.95. The van der Waals surface area contributed by atoms with Crippen molar-refractivity contribution in [2.45, 2.75) is 13.3 Å². The fourth-order valence-corrected chi connectivity index (χ4v) is 0.945. The van der Waals surface area contributed by atoms with Crippen molar-refractivity contribution in [3.63, 3.8) is 0 Å². The molecule has 0 atom stereocenters. The molecular formula is C8H10N2O2. The summed E-state index contributed by atoms with van der Waals surface area (Å²) in [4.78, 5) is 14.2. The van der Waals surface area contributed by atoms with Gasteiger partial charge in [-0.25, -0.2) is 4.98 Å². The molecule has 0 amide bonds. The van der Waals surface area contributed by atoms with Gasteiger partial charge in [-0.3, -0.25) is 4.79 Å². The van der Waals surface area contributed by atoms with Crippen LogP contribution in [0.2, 0.25) is 0 Å². The fourth-order valence-electron chi connectivity index (χ4n) is 0.945. The lowest BCUT2D eigenvalue weighted by molar-refractivity contribution is -0.136. The molecule has 3 N–H and O–H groups in total. The van der Waals surface area contributed by atoms with Crippen LogP contribution >= 0.6 is 0 Å². The van der Waals surface area contributed by atoms with E-state index in [1.54, 1.807) is 12.3 Å². The number of nitrogens with zero attached hydrogens (tertiary/aromatic N) is 1. The maximum Gasteiger partial charge on any atom is 0.307 e. The Morgan fingerprint density at radius 1 is 1.75 bits per heavy atom. The number of nitrogen functional groups attached to an aromatic ring is 1. The van der Waals surface area contributed by atoms with Crippen molar-refractivity contribution in [3.05, 3.63) is 23.4 Å². The van der Waals surface area contributed by atoms with Crippen molar-refractivity contribution < 1.29 is 9.90 Å². The van der Waals surface area contributed by atoms with Crippen LogP contribution in [0.5, 0.6) is 0 Å². The standard InChI is InChI=1S/C8H10N2O2/c1-5-2-6(3-7(11)12)8(9)10-4-5/h2,4H,3H2,1H3,(H2,9,10)(H,11,12). The summed E-state index contributed by atoms with van der Waals surface area (Å²) < 4.78 is 0. The van der Waals surface area contributed by atoms with E-state index in [0.717, 1.165) is 5.56 Å². The Kier molecular flexibility index (Phi) is 2.28. The van der Waals surface area contributed by atoms with E-state index in [9.17, 15) is 4.79 Å². The lowest BCUT2D eigenvalue weighted by Crippen LogP contribution is -2.05. The van der Waals surface area contributed by atoms with Crippen LogP contribution in [-0.4, -0.2) is 16.1 Å². The van der Waals surface area contributed by atoms with Crippen LogP contribution in [-0.2, 0) is 11.2 Å². The van der Waals surface area contributed by atoms with Gasteiger partial charge in [-0.05, 0) is 12.5 Å². The van der Waals surface area contributed by atoms with Gasteiger partial charge in [-0.1, -0.05) is 6.07 Å². The first-order valence-corrected chi connectivity index (χ1v) is 3.52. The molecule has 1 aromatic heterocycles. The minimum absolute atomic E-state index is 0.0689. The molecule has 0 aliphatic carbocycles. The zero-order valence-corrected chi connectivity index (χ0v) is 6.74. The number of hydrogen-bond acceptors (Lipinski definition) is 3. The van der Waals surface area contributed by atoms with E-state index in [0.29, 0.717) is 11.4 Å². The van der Waals surface area contributed by atoms with Gasteiger partial charge in [-0.15, -0.1) is 0 Å². The molecule has 1 rings (SSSR count). The van der Waals surface area contributed by atoms with Crippen molar-refractivity contribution in [2.75, 3.05) is 5.73 Å². The van der Waals surface area contributed by atoms with Gasteiger partial charge in [0.2, 0.25) is 0 Å². The lowest BCUT2D eigenvalue weighted by atomic mass is 10.1. The Balaban J connectivity index is 2.97. The van der Waals surface area contributed by atoms with Gasteiger partial charge >= 0.3 is 5.97 Å². The van der Waals surface area contributed by atoms with Crippen LogP contribution in [0.1, 0.15) is 11.1 Å². The van der Waals surface area contributed by atoms with Gasteiger partial charge in [-0.2, -0.15) is 0 Å². The van der Waals surface area contributed by atoms with Gasteiger partial charge < -0.3 is 10.8 Å². The quantitative estimate of drug-likeness (QED) is 0.674. The summed E-state index contributed by atoms with van der Waals surface area (Å²) in [6.45, 7) is 1.85. The van der Waals surface area contributed by atoms with Crippen LogP contribution in [0.4, 0.5) is 5.82 Å². The average molecular weight is 166 g/mol. The molecule has 0 unspecified atom stereocenters. The van der Waals surface area contributed by atoms with Crippen molar-refractivity contribution in [2.24, 2.45) is 0 Å². The molecular weight excluding hydrogens is 156 g/mol. The summed E-state index contributed by atoms with van der Waals surface area (Å²) in [5.41, 5.74) is 6.95. The van der Waals surface area contributed by atoms with Gasteiger partial charge in [0.05, 0.1) is 6.42 Å². The molecule has 0 aliphatic heterocycles. The Hall–Kier alpha value is -1.58. The van der Waals surface area contributed by atoms with Crippen molar-refractivity contribution in [1.82, 2.24) is 4.98 Å². The second-order valence-electron chi connectivity index (χ2n) is 2.63. The topological polar surface area (TPSA) is 76.2 Å². The highest BCUT2D eigenvalue weighted by Crippen LogP contribution is 2.10. The molecule has 0 saturated carbocycles. The molecule has 1 aromatic rings. The first-order chi connectivity index (χ1) is 5.59. The average Bonchev–Trinajstić information content (AvgIpc) is 1.96. The van der Waals surface area contributed by atoms with Crippen molar-refractivity contribution in [1.29, 1.82) is 0 Å². The van der Waals surface area contributed by atoms with Gasteiger partial charge in [0.25, 0.3) is 0 Å². The summed E-state index contributed by atoms with van der Waals surface area (Å²) in [5.74, 6) is -0.600. The largest absolute Gasteiger partial charge is 0.481 e. The van der Waals surface area contributed by atoms with E-state index in [1.807, 2.05) is 6.92 Å². The first kappa shape index (κ1) is 8.52. The second-order valence-corrected chi connectivity index (χ2v) is 2.63. The van der Waals surface area contributed by atoms with Crippen LogP contribution in [0.15, 0.2) is 12.3 Å². The zero-order valence-electron chi connectivity index (χ0n) is 6.74. The van der Waals surface area contributed by atoms with E-state index >= 15 is 0 Å². The normalized spacial score (nSPS) is 9.75. The highest BCUT2D eigenvalue weighted by molar-refractivity contribution is 5.72. The summed E-state index contributed by atoms with van der Waals surface area (Å²) in [6.07, 6.45) is 1.54.